The van der Waals surface area contributed by atoms with Crippen molar-refractivity contribution in [1.29, 1.82) is 0 Å². The van der Waals surface area contributed by atoms with Crippen molar-refractivity contribution < 1.29 is 19.4 Å². The zero-order valence-corrected chi connectivity index (χ0v) is 13.3. The van der Waals surface area contributed by atoms with Crippen LogP contribution in [0.5, 0.6) is 0 Å². The van der Waals surface area contributed by atoms with E-state index in [1.165, 1.54) is 14.9 Å². The Morgan fingerprint density at radius 3 is 1.45 bits per heavy atom. The normalized spacial score (nSPS) is 10.7. The van der Waals surface area contributed by atoms with Gasteiger partial charge in [0.15, 0.2) is 0 Å². The summed E-state index contributed by atoms with van der Waals surface area (Å²) in [4.78, 5) is 0. The fraction of sp³-hybridized carbons (Fsp3) is 0.118. The third-order valence-corrected chi connectivity index (χ3v) is 4.56. The molecule has 0 aliphatic carbocycles. The zero-order chi connectivity index (χ0) is 13.8. The first-order valence-corrected chi connectivity index (χ1v) is 7.75. The third-order valence-electron chi connectivity index (χ3n) is 3.26. The van der Waals surface area contributed by atoms with Gasteiger partial charge in [-0.2, -0.15) is 0 Å². The maximum absolute atomic E-state index is 2.40. The minimum absolute atomic E-state index is 0.918. The van der Waals surface area contributed by atoms with E-state index in [9.17, 15) is 0 Å². The first-order valence-electron chi connectivity index (χ1n) is 6.62. The molecule has 0 atom stereocenters. The Morgan fingerprint density at radius 1 is 0.650 bits per heavy atom. The molecule has 0 saturated heterocycles. The number of aromatic nitrogens is 2. The Hall–Kier alpha value is -1.66. The van der Waals surface area contributed by atoms with Crippen LogP contribution < -0.4 is 0 Å². The molecule has 20 heavy (non-hydrogen) atoms. The Bertz CT molecular complexity index is 664. The van der Waals surface area contributed by atoms with E-state index in [0.29, 0.717) is 0 Å². The summed E-state index contributed by atoms with van der Waals surface area (Å²) < 4.78 is 5.80. The molecule has 0 fully saturated rings. The van der Waals surface area contributed by atoms with E-state index in [4.69, 9.17) is 0 Å². The van der Waals surface area contributed by atoms with Crippen molar-refractivity contribution in [2.75, 3.05) is 0 Å². The quantitative estimate of drug-likeness (QED) is 0.585. The third kappa shape index (κ3) is 3.08. The number of hydrogen-bond acceptors (Lipinski definition) is 0. The van der Waals surface area contributed by atoms with Gasteiger partial charge in [0.2, 0.25) is 0 Å². The molecule has 0 saturated carbocycles. The molecule has 3 heteroatoms. The fourth-order valence-electron chi connectivity index (χ4n) is 2.23. The summed E-state index contributed by atoms with van der Waals surface area (Å²) in [6, 6.07) is 21.1. The predicted molar refractivity (Wildman–Crippen MR) is 76.8 cm³/mol. The van der Waals surface area contributed by atoms with Crippen LogP contribution in [0.15, 0.2) is 73.1 Å². The molecule has 1 aromatic heterocycles. The van der Waals surface area contributed by atoms with Gasteiger partial charge in [-0.15, -0.1) is 0 Å². The monoisotopic (exact) mass is 443 g/mol. The molecular weight excluding hydrogens is 427 g/mol. The molecule has 2 aromatic carbocycles. The molecule has 0 amide bonds. The number of hydrogen-bond donors (Lipinski definition) is 0. The minimum atomic E-state index is 0.918. The van der Waals surface area contributed by atoms with Crippen molar-refractivity contribution in [3.63, 3.8) is 0 Å². The summed E-state index contributed by atoms with van der Waals surface area (Å²) in [7, 11) is 0. The summed E-state index contributed by atoms with van der Waals surface area (Å²) in [6.07, 6.45) is 4.30. The summed E-state index contributed by atoms with van der Waals surface area (Å²) in [5.41, 5.74) is 2.65. The summed E-state index contributed by atoms with van der Waals surface area (Å²) in [6.45, 7) is 1.84. The van der Waals surface area contributed by atoms with Crippen LogP contribution in [0, 0.1) is 3.80 Å². The van der Waals surface area contributed by atoms with Gasteiger partial charge in [0.25, 0.3) is 0 Å². The van der Waals surface area contributed by atoms with Gasteiger partial charge in [-0.05, 0) is 0 Å². The van der Waals surface area contributed by atoms with Gasteiger partial charge in [-0.1, -0.05) is 0 Å². The van der Waals surface area contributed by atoms with E-state index in [2.05, 4.69) is 102 Å². The van der Waals surface area contributed by atoms with Crippen molar-refractivity contribution in [3.8, 4) is 0 Å². The molecule has 104 valence electrons. The van der Waals surface area contributed by atoms with Crippen molar-refractivity contribution in [2.45, 2.75) is 13.1 Å². The standard InChI is InChI=1S/C17H16N2.Pt/c1-3-7-16(8-4-1)13-18-11-12-19(15-18)14-17-9-5-2-6-10-17;/h1-12H,13-14H2;. The second-order valence-corrected chi connectivity index (χ2v) is 5.78. The van der Waals surface area contributed by atoms with Crippen LogP contribution in [0.25, 0.3) is 0 Å². The van der Waals surface area contributed by atoms with Crippen LogP contribution in [0.3, 0.4) is 0 Å². The van der Waals surface area contributed by atoms with Gasteiger partial charge in [-0.25, -0.2) is 0 Å². The zero-order valence-electron chi connectivity index (χ0n) is 11.1. The molecular formula is C17H16N2Pt. The first kappa shape index (κ1) is 13.3. The van der Waals surface area contributed by atoms with E-state index in [1.807, 2.05) is 0 Å². The molecule has 0 radical (unpaired) electrons. The average molecular weight is 443 g/mol. The molecule has 1 heterocycles. The van der Waals surface area contributed by atoms with Gasteiger partial charge in [0.1, 0.15) is 0 Å². The molecule has 0 bridgehead atoms. The van der Waals surface area contributed by atoms with Gasteiger partial charge < -0.3 is 0 Å². The van der Waals surface area contributed by atoms with Crippen molar-refractivity contribution in [2.24, 2.45) is 0 Å². The fourth-order valence-corrected chi connectivity index (χ4v) is 2.92. The van der Waals surface area contributed by atoms with Crippen LogP contribution in [0.1, 0.15) is 11.1 Å². The van der Waals surface area contributed by atoms with E-state index < -0.39 is 0 Å². The van der Waals surface area contributed by atoms with Gasteiger partial charge in [-0.3, -0.25) is 0 Å². The molecule has 0 unspecified atom stereocenters. The number of nitrogens with zero attached hydrogens (tertiary/aromatic N) is 2. The van der Waals surface area contributed by atoms with Gasteiger partial charge in [0.05, 0.1) is 0 Å². The Morgan fingerprint density at radius 2 is 1.05 bits per heavy atom. The maximum atomic E-state index is 2.40. The van der Waals surface area contributed by atoms with E-state index in [0.717, 1.165) is 13.1 Å². The summed E-state index contributed by atoms with van der Waals surface area (Å²) >= 11 is 2.40. The molecule has 0 aliphatic rings. The molecule has 0 aliphatic heterocycles. The van der Waals surface area contributed by atoms with Crippen LogP contribution in [0.4, 0.5) is 0 Å². The van der Waals surface area contributed by atoms with Crippen molar-refractivity contribution in [3.05, 3.63) is 88.0 Å². The van der Waals surface area contributed by atoms with Gasteiger partial charge in [0, 0.05) is 0 Å². The van der Waals surface area contributed by atoms with Crippen LogP contribution in [0.2, 0.25) is 0 Å². The Kier molecular flexibility index (Phi) is 4.13. The topological polar surface area (TPSA) is 9.86 Å². The van der Waals surface area contributed by atoms with Crippen LogP contribution >= 0.6 is 0 Å². The number of rotatable bonds is 4. The SMILES string of the molecule is [Pt]=[c]1n(Cc2ccccc2)ccn1Cc1ccccc1. The second kappa shape index (κ2) is 6.19. The van der Waals surface area contributed by atoms with Crippen molar-refractivity contribution >= 4 is 0 Å². The second-order valence-electron chi connectivity index (χ2n) is 4.77. The Balaban J connectivity index is 1.81. The average Bonchev–Trinajstić information content (AvgIpc) is 2.83. The summed E-state index contributed by atoms with van der Waals surface area (Å²) in [5.74, 6) is 0. The van der Waals surface area contributed by atoms with E-state index >= 15 is 0 Å². The van der Waals surface area contributed by atoms with Crippen LogP contribution in [-0.2, 0) is 32.4 Å². The molecule has 0 spiro atoms. The van der Waals surface area contributed by atoms with Crippen molar-refractivity contribution in [1.82, 2.24) is 9.13 Å². The van der Waals surface area contributed by atoms with E-state index in [-0.39, 0.29) is 0 Å². The molecule has 3 rings (SSSR count). The number of benzene rings is 2. The first-order chi connectivity index (χ1) is 9.83. The molecule has 3 aromatic rings. The van der Waals surface area contributed by atoms with E-state index in [1.54, 1.807) is 0 Å². The Labute approximate surface area is 129 Å². The number of imidazole rings is 1. The molecule has 2 nitrogen and oxygen atoms in total. The summed E-state index contributed by atoms with van der Waals surface area (Å²) in [5, 5.41) is 0. The van der Waals surface area contributed by atoms with Gasteiger partial charge >= 0.3 is 130 Å². The molecule has 0 N–H and O–H groups in total. The predicted octanol–water partition coefficient (Wildman–Crippen LogP) is 3.46. The van der Waals surface area contributed by atoms with Crippen LogP contribution in [-0.4, -0.2) is 9.13 Å².